The van der Waals surface area contributed by atoms with E-state index in [1.54, 1.807) is 44.7 Å². The Kier molecular flexibility index (Phi) is 4.99. The Morgan fingerprint density at radius 3 is 2.38 bits per heavy atom. The molecule has 0 atom stereocenters. The van der Waals surface area contributed by atoms with Crippen LogP contribution in [0.1, 0.15) is 10.4 Å². The minimum atomic E-state index is -0.0932. The number of hydrogen-bond donors (Lipinski definition) is 1. The topological polar surface area (TPSA) is 47.6 Å². The molecule has 2 aromatic rings. The number of allylic oxidation sites excluding steroid dienone is 1. The first-order chi connectivity index (χ1) is 10.2. The summed E-state index contributed by atoms with van der Waals surface area (Å²) in [5.41, 5.74) is 1.43. The van der Waals surface area contributed by atoms with Gasteiger partial charge in [-0.3, -0.25) is 4.79 Å². The van der Waals surface area contributed by atoms with Crippen molar-refractivity contribution in [2.75, 3.05) is 19.5 Å². The van der Waals surface area contributed by atoms with E-state index in [1.165, 1.54) is 6.08 Å². The number of hydrogen-bond acceptors (Lipinski definition) is 4. The van der Waals surface area contributed by atoms with Gasteiger partial charge in [-0.25, -0.2) is 0 Å². The third-order valence-corrected chi connectivity index (χ3v) is 2.91. The molecule has 4 heteroatoms. The fraction of sp³-hybridized carbons (Fsp3) is 0.118. The molecule has 2 rings (SSSR count). The van der Waals surface area contributed by atoms with Gasteiger partial charge in [0.05, 0.1) is 14.2 Å². The quantitative estimate of drug-likeness (QED) is 0.651. The lowest BCUT2D eigenvalue weighted by Crippen LogP contribution is -1.97. The van der Waals surface area contributed by atoms with Gasteiger partial charge in [0.15, 0.2) is 5.78 Å². The van der Waals surface area contributed by atoms with E-state index < -0.39 is 0 Å². The molecule has 0 saturated heterocycles. The van der Waals surface area contributed by atoms with Crippen molar-refractivity contribution in [1.29, 1.82) is 0 Å². The van der Waals surface area contributed by atoms with Gasteiger partial charge in [0.1, 0.15) is 11.5 Å². The fourth-order valence-corrected chi connectivity index (χ4v) is 1.80. The van der Waals surface area contributed by atoms with Crippen LogP contribution >= 0.6 is 0 Å². The number of rotatable bonds is 6. The van der Waals surface area contributed by atoms with Gasteiger partial charge in [-0.2, -0.15) is 0 Å². The molecule has 0 amide bonds. The van der Waals surface area contributed by atoms with E-state index in [0.717, 1.165) is 11.4 Å². The number of carbonyl (C=O) groups excluding carboxylic acids is 1. The lowest BCUT2D eigenvalue weighted by atomic mass is 10.1. The highest BCUT2D eigenvalue weighted by atomic mass is 16.5. The van der Waals surface area contributed by atoms with E-state index in [0.29, 0.717) is 11.3 Å². The second-order valence-electron chi connectivity index (χ2n) is 4.31. The van der Waals surface area contributed by atoms with Gasteiger partial charge >= 0.3 is 0 Å². The Labute approximate surface area is 124 Å². The van der Waals surface area contributed by atoms with E-state index in [2.05, 4.69) is 5.32 Å². The maximum Gasteiger partial charge on any atom is 0.187 e. The van der Waals surface area contributed by atoms with Gasteiger partial charge in [-0.05, 0) is 24.3 Å². The Morgan fingerprint density at radius 2 is 1.67 bits per heavy atom. The summed E-state index contributed by atoms with van der Waals surface area (Å²) in [7, 11) is 3.19. The van der Waals surface area contributed by atoms with Crippen LogP contribution in [-0.4, -0.2) is 20.0 Å². The molecule has 0 radical (unpaired) electrons. The van der Waals surface area contributed by atoms with E-state index in [1.807, 2.05) is 24.3 Å². The number of nitrogens with one attached hydrogen (secondary N) is 1. The summed E-state index contributed by atoms with van der Waals surface area (Å²) in [5.74, 6) is 1.33. The van der Waals surface area contributed by atoms with Crippen LogP contribution in [0, 0.1) is 0 Å². The predicted molar refractivity (Wildman–Crippen MR) is 83.1 cm³/mol. The van der Waals surface area contributed by atoms with Crippen molar-refractivity contribution in [3.05, 3.63) is 66.4 Å². The normalized spacial score (nSPS) is 10.4. The standard InChI is InChI=1S/C17H17NO3/c1-20-15-7-3-5-13(11-15)17(19)9-10-18-14-6-4-8-16(12-14)21-2/h3-12,18H,1-2H3. The van der Waals surface area contributed by atoms with Gasteiger partial charge in [-0.15, -0.1) is 0 Å². The Balaban J connectivity index is 2.01. The zero-order valence-electron chi connectivity index (χ0n) is 12.0. The van der Waals surface area contributed by atoms with Crippen molar-refractivity contribution in [1.82, 2.24) is 0 Å². The summed E-state index contributed by atoms with van der Waals surface area (Å²) in [6.07, 6.45) is 3.09. The molecular formula is C17H17NO3. The molecule has 108 valence electrons. The van der Waals surface area contributed by atoms with Crippen LogP contribution in [0.3, 0.4) is 0 Å². The van der Waals surface area contributed by atoms with Crippen LogP contribution in [-0.2, 0) is 0 Å². The second kappa shape index (κ2) is 7.14. The van der Waals surface area contributed by atoms with E-state index in [4.69, 9.17) is 9.47 Å². The molecule has 0 fully saturated rings. The van der Waals surface area contributed by atoms with Crippen LogP contribution in [0.4, 0.5) is 5.69 Å². The minimum absolute atomic E-state index is 0.0932. The molecule has 0 aliphatic heterocycles. The van der Waals surface area contributed by atoms with Crippen LogP contribution in [0.2, 0.25) is 0 Å². The lowest BCUT2D eigenvalue weighted by Gasteiger charge is -2.04. The van der Waals surface area contributed by atoms with Crippen molar-refractivity contribution in [3.63, 3.8) is 0 Å². The average molecular weight is 283 g/mol. The monoisotopic (exact) mass is 283 g/mol. The number of anilines is 1. The fourth-order valence-electron chi connectivity index (χ4n) is 1.80. The summed E-state index contributed by atoms with van der Waals surface area (Å²) < 4.78 is 10.2. The molecule has 21 heavy (non-hydrogen) atoms. The highest BCUT2D eigenvalue weighted by molar-refractivity contribution is 6.04. The van der Waals surface area contributed by atoms with Crippen molar-refractivity contribution in [2.24, 2.45) is 0 Å². The maximum absolute atomic E-state index is 12.0. The van der Waals surface area contributed by atoms with Gasteiger partial charge in [0.2, 0.25) is 0 Å². The van der Waals surface area contributed by atoms with Gasteiger partial charge in [-0.1, -0.05) is 18.2 Å². The number of benzene rings is 2. The number of methoxy groups -OCH3 is 2. The van der Waals surface area contributed by atoms with Crippen LogP contribution < -0.4 is 14.8 Å². The summed E-state index contributed by atoms with van der Waals surface area (Å²) in [5, 5.41) is 3.04. The van der Waals surface area contributed by atoms with Crippen molar-refractivity contribution in [2.45, 2.75) is 0 Å². The minimum Gasteiger partial charge on any atom is -0.497 e. The summed E-state index contributed by atoms with van der Waals surface area (Å²) in [6, 6.07) is 14.5. The van der Waals surface area contributed by atoms with E-state index in [9.17, 15) is 4.79 Å². The van der Waals surface area contributed by atoms with Crippen molar-refractivity contribution in [3.8, 4) is 11.5 Å². The SMILES string of the molecule is COc1cccc(NC=CC(=O)c2cccc(OC)c2)c1. The zero-order chi connectivity index (χ0) is 15.1. The van der Waals surface area contributed by atoms with E-state index in [-0.39, 0.29) is 5.78 Å². The van der Waals surface area contributed by atoms with Crippen molar-refractivity contribution >= 4 is 11.5 Å². The molecule has 0 unspecified atom stereocenters. The molecular weight excluding hydrogens is 266 g/mol. The van der Waals surface area contributed by atoms with Crippen LogP contribution in [0.15, 0.2) is 60.8 Å². The molecule has 0 heterocycles. The molecule has 0 aliphatic rings. The highest BCUT2D eigenvalue weighted by Gasteiger charge is 2.02. The first-order valence-corrected chi connectivity index (χ1v) is 6.48. The highest BCUT2D eigenvalue weighted by Crippen LogP contribution is 2.17. The molecule has 0 saturated carbocycles. The number of carbonyl (C=O) groups is 1. The average Bonchev–Trinajstić information content (AvgIpc) is 2.55. The Hall–Kier alpha value is -2.75. The van der Waals surface area contributed by atoms with E-state index >= 15 is 0 Å². The first-order valence-electron chi connectivity index (χ1n) is 6.48. The second-order valence-corrected chi connectivity index (χ2v) is 4.31. The molecule has 1 N–H and O–H groups in total. The summed E-state index contributed by atoms with van der Waals surface area (Å²) in [4.78, 5) is 12.0. The van der Waals surface area contributed by atoms with Gasteiger partial charge in [0.25, 0.3) is 0 Å². The Bertz CT molecular complexity index is 650. The zero-order valence-corrected chi connectivity index (χ0v) is 12.0. The molecule has 2 aromatic carbocycles. The molecule has 0 spiro atoms. The molecule has 0 aliphatic carbocycles. The smallest absolute Gasteiger partial charge is 0.187 e. The maximum atomic E-state index is 12.0. The third kappa shape index (κ3) is 4.11. The van der Waals surface area contributed by atoms with Crippen LogP contribution in [0.5, 0.6) is 11.5 Å². The Morgan fingerprint density at radius 1 is 1.00 bits per heavy atom. The molecule has 0 aromatic heterocycles. The lowest BCUT2D eigenvalue weighted by molar-refractivity contribution is 0.104. The third-order valence-electron chi connectivity index (χ3n) is 2.91. The number of ether oxygens (including phenoxy) is 2. The van der Waals surface area contributed by atoms with Crippen LogP contribution in [0.25, 0.3) is 0 Å². The first kappa shape index (κ1) is 14.7. The van der Waals surface area contributed by atoms with Gasteiger partial charge in [0, 0.05) is 29.6 Å². The summed E-state index contributed by atoms with van der Waals surface area (Å²) >= 11 is 0. The largest absolute Gasteiger partial charge is 0.497 e. The van der Waals surface area contributed by atoms with Gasteiger partial charge < -0.3 is 14.8 Å². The molecule has 4 nitrogen and oxygen atoms in total. The van der Waals surface area contributed by atoms with Crippen molar-refractivity contribution < 1.29 is 14.3 Å². The predicted octanol–water partition coefficient (Wildman–Crippen LogP) is 3.51. The number of ketones is 1. The summed E-state index contributed by atoms with van der Waals surface area (Å²) in [6.45, 7) is 0. The molecule has 0 bridgehead atoms.